The Balaban J connectivity index is 1.68. The van der Waals surface area contributed by atoms with Gasteiger partial charge in [-0.2, -0.15) is 0 Å². The number of rotatable bonds is 5. The molecular formula is C18H19ClN2O2. The van der Waals surface area contributed by atoms with Crippen molar-refractivity contribution in [2.45, 2.75) is 24.9 Å². The number of aliphatic hydroxyl groups is 1. The maximum atomic E-state index is 12.6. The average molecular weight is 331 g/mol. The number of halogens is 1. The Labute approximate surface area is 140 Å². The number of carbonyl (C=O) groups is 1. The van der Waals surface area contributed by atoms with Crippen molar-refractivity contribution >= 4 is 23.2 Å². The van der Waals surface area contributed by atoms with E-state index < -0.39 is 0 Å². The summed E-state index contributed by atoms with van der Waals surface area (Å²) in [6.45, 7) is 0.512. The van der Waals surface area contributed by atoms with E-state index in [1.807, 2.05) is 36.4 Å². The first-order chi connectivity index (χ1) is 11.2. The first-order valence-corrected chi connectivity index (χ1v) is 8.05. The molecule has 0 spiro atoms. The summed E-state index contributed by atoms with van der Waals surface area (Å²) in [5.41, 5.74) is 3.06. The summed E-state index contributed by atoms with van der Waals surface area (Å²) in [5.74, 6) is -0.0731. The van der Waals surface area contributed by atoms with E-state index in [2.05, 4.69) is 10.6 Å². The summed E-state index contributed by atoms with van der Waals surface area (Å²) >= 11 is 5.86. The van der Waals surface area contributed by atoms with Gasteiger partial charge in [-0.05, 0) is 35.7 Å². The van der Waals surface area contributed by atoms with Gasteiger partial charge in [0.05, 0.1) is 0 Å². The molecule has 1 aliphatic heterocycles. The predicted octanol–water partition coefficient (Wildman–Crippen LogP) is 2.92. The van der Waals surface area contributed by atoms with Crippen LogP contribution in [0.5, 0.6) is 0 Å². The van der Waals surface area contributed by atoms with Gasteiger partial charge in [0.15, 0.2) is 0 Å². The van der Waals surface area contributed by atoms with Gasteiger partial charge in [-0.25, -0.2) is 0 Å². The second-order valence-electron chi connectivity index (χ2n) is 5.67. The van der Waals surface area contributed by atoms with E-state index in [0.717, 1.165) is 16.8 Å². The molecule has 0 aliphatic carbocycles. The normalized spacial score (nSPS) is 19.0. The van der Waals surface area contributed by atoms with Crippen LogP contribution in [0, 0.1) is 0 Å². The molecule has 1 aliphatic rings. The number of hydrogen-bond acceptors (Lipinski definition) is 3. The zero-order chi connectivity index (χ0) is 16.2. The van der Waals surface area contributed by atoms with Crippen molar-refractivity contribution in [3.8, 4) is 0 Å². The number of benzene rings is 2. The first-order valence-electron chi connectivity index (χ1n) is 7.67. The average Bonchev–Trinajstić information content (AvgIpc) is 2.93. The topological polar surface area (TPSA) is 61.4 Å². The summed E-state index contributed by atoms with van der Waals surface area (Å²) in [4.78, 5) is 12.6. The fourth-order valence-electron chi connectivity index (χ4n) is 3.01. The Hall–Kier alpha value is -2.04. The van der Waals surface area contributed by atoms with Crippen LogP contribution >= 0.6 is 11.6 Å². The Morgan fingerprint density at radius 1 is 1.17 bits per heavy atom. The lowest BCUT2D eigenvalue weighted by molar-refractivity contribution is -0.122. The largest absolute Gasteiger partial charge is 0.396 e. The van der Waals surface area contributed by atoms with Crippen LogP contribution in [-0.2, 0) is 11.3 Å². The highest BCUT2D eigenvalue weighted by atomic mass is 35.5. The van der Waals surface area contributed by atoms with Crippen molar-refractivity contribution in [1.82, 2.24) is 5.32 Å². The van der Waals surface area contributed by atoms with Crippen molar-refractivity contribution in [3.05, 3.63) is 64.7 Å². The highest BCUT2D eigenvalue weighted by Gasteiger charge is 2.36. The number of fused-ring (bicyclic) bond motifs is 1. The van der Waals surface area contributed by atoms with Crippen LogP contribution in [0.15, 0.2) is 48.5 Å². The number of carbonyl (C=O) groups excluding carboxylic acids is 1. The second-order valence-corrected chi connectivity index (χ2v) is 6.11. The fourth-order valence-corrected chi connectivity index (χ4v) is 3.14. The Kier molecular flexibility index (Phi) is 4.84. The van der Waals surface area contributed by atoms with Crippen molar-refractivity contribution in [2.24, 2.45) is 0 Å². The van der Waals surface area contributed by atoms with Crippen LogP contribution in [-0.4, -0.2) is 23.7 Å². The lowest BCUT2D eigenvalue weighted by Gasteiger charge is -2.19. The standard InChI is InChI=1S/C18H19ClN2O2/c19-13-7-5-12(6-8-13)11-20-18(23)17-15(9-10-22)14-3-1-2-4-16(14)21-17/h1-8,15,17,21-22H,9-11H2,(H,20,23)/t15-,17-/m0/s1. The van der Waals surface area contributed by atoms with Gasteiger partial charge >= 0.3 is 0 Å². The Bertz CT molecular complexity index is 688. The van der Waals surface area contributed by atoms with Gasteiger partial charge in [0.25, 0.3) is 0 Å². The third-order valence-electron chi connectivity index (χ3n) is 4.18. The molecule has 2 aromatic rings. The minimum Gasteiger partial charge on any atom is -0.396 e. The summed E-state index contributed by atoms with van der Waals surface area (Å²) in [6, 6.07) is 14.9. The maximum absolute atomic E-state index is 12.6. The molecule has 1 heterocycles. The molecule has 120 valence electrons. The SMILES string of the molecule is O=C(NCc1ccc(Cl)cc1)[C@H]1Nc2ccccc2[C@@H]1CCO. The number of anilines is 1. The molecule has 0 fully saturated rings. The van der Waals surface area contributed by atoms with E-state index in [9.17, 15) is 9.90 Å². The molecule has 4 nitrogen and oxygen atoms in total. The molecule has 1 amide bonds. The molecule has 2 atom stereocenters. The van der Waals surface area contributed by atoms with Crippen molar-refractivity contribution < 1.29 is 9.90 Å². The minimum absolute atomic E-state index is 0.0126. The van der Waals surface area contributed by atoms with E-state index in [4.69, 9.17) is 11.6 Å². The van der Waals surface area contributed by atoms with Gasteiger partial charge in [-0.1, -0.05) is 41.9 Å². The van der Waals surface area contributed by atoms with E-state index in [1.165, 1.54) is 0 Å². The molecule has 5 heteroatoms. The lowest BCUT2D eigenvalue weighted by atomic mass is 9.91. The van der Waals surface area contributed by atoms with E-state index >= 15 is 0 Å². The number of nitrogens with one attached hydrogen (secondary N) is 2. The third kappa shape index (κ3) is 3.49. The van der Waals surface area contributed by atoms with Crippen LogP contribution in [0.3, 0.4) is 0 Å². The van der Waals surface area contributed by atoms with Crippen LogP contribution in [0.25, 0.3) is 0 Å². The molecule has 0 unspecified atom stereocenters. The van der Waals surface area contributed by atoms with Crippen LogP contribution < -0.4 is 10.6 Å². The zero-order valence-corrected chi connectivity index (χ0v) is 13.4. The Morgan fingerprint density at radius 3 is 2.65 bits per heavy atom. The monoisotopic (exact) mass is 330 g/mol. The number of para-hydroxylation sites is 1. The zero-order valence-electron chi connectivity index (χ0n) is 12.6. The number of hydrogen-bond donors (Lipinski definition) is 3. The summed E-state index contributed by atoms with van der Waals surface area (Å²) < 4.78 is 0. The van der Waals surface area contributed by atoms with Gasteiger partial charge in [0, 0.05) is 29.8 Å². The van der Waals surface area contributed by atoms with E-state index in [-0.39, 0.29) is 24.5 Å². The molecule has 3 rings (SSSR count). The molecule has 0 radical (unpaired) electrons. The van der Waals surface area contributed by atoms with Crippen molar-refractivity contribution in [1.29, 1.82) is 0 Å². The van der Waals surface area contributed by atoms with Crippen LogP contribution in [0.1, 0.15) is 23.5 Å². The van der Waals surface area contributed by atoms with E-state index in [1.54, 1.807) is 12.1 Å². The first kappa shape index (κ1) is 15.8. The summed E-state index contributed by atoms with van der Waals surface area (Å²) in [6.07, 6.45) is 0.559. The molecule has 0 saturated carbocycles. The van der Waals surface area contributed by atoms with E-state index in [0.29, 0.717) is 18.0 Å². The van der Waals surface area contributed by atoms with Gasteiger partial charge in [0.2, 0.25) is 5.91 Å². The van der Waals surface area contributed by atoms with Crippen LogP contribution in [0.2, 0.25) is 5.02 Å². The maximum Gasteiger partial charge on any atom is 0.243 e. The highest BCUT2D eigenvalue weighted by Crippen LogP contribution is 2.37. The molecule has 0 aromatic heterocycles. The van der Waals surface area contributed by atoms with Crippen molar-refractivity contribution in [3.63, 3.8) is 0 Å². The van der Waals surface area contributed by atoms with Gasteiger partial charge in [-0.3, -0.25) is 4.79 Å². The van der Waals surface area contributed by atoms with Gasteiger partial charge < -0.3 is 15.7 Å². The molecule has 0 bridgehead atoms. The predicted molar refractivity (Wildman–Crippen MR) is 91.6 cm³/mol. The Morgan fingerprint density at radius 2 is 1.91 bits per heavy atom. The molecule has 3 N–H and O–H groups in total. The molecule has 23 heavy (non-hydrogen) atoms. The highest BCUT2D eigenvalue weighted by molar-refractivity contribution is 6.30. The summed E-state index contributed by atoms with van der Waals surface area (Å²) in [5, 5.41) is 16.2. The quantitative estimate of drug-likeness (QED) is 0.790. The smallest absolute Gasteiger partial charge is 0.243 e. The van der Waals surface area contributed by atoms with Crippen molar-refractivity contribution in [2.75, 3.05) is 11.9 Å². The summed E-state index contributed by atoms with van der Waals surface area (Å²) in [7, 11) is 0. The molecule has 2 aromatic carbocycles. The second kappa shape index (κ2) is 7.02. The fraction of sp³-hybridized carbons (Fsp3) is 0.278. The lowest BCUT2D eigenvalue weighted by Crippen LogP contribution is -2.40. The minimum atomic E-state index is -0.355. The van der Waals surface area contributed by atoms with Crippen LogP contribution in [0.4, 0.5) is 5.69 Å². The molecular weight excluding hydrogens is 312 g/mol. The van der Waals surface area contributed by atoms with Gasteiger partial charge in [0.1, 0.15) is 6.04 Å². The third-order valence-corrected chi connectivity index (χ3v) is 4.43. The van der Waals surface area contributed by atoms with Gasteiger partial charge in [-0.15, -0.1) is 0 Å². The number of aliphatic hydroxyl groups excluding tert-OH is 1. The molecule has 0 saturated heterocycles. The number of amides is 1.